The number of nitrogens with two attached hydrogens (primary N) is 1. The van der Waals surface area contributed by atoms with Crippen LogP contribution in [0.15, 0.2) is 34.6 Å². The van der Waals surface area contributed by atoms with Crippen LogP contribution < -0.4 is 5.73 Å². The van der Waals surface area contributed by atoms with Gasteiger partial charge in [0, 0.05) is 18.0 Å². The van der Waals surface area contributed by atoms with Gasteiger partial charge in [0.15, 0.2) is 5.16 Å². The average molecular weight is 251 g/mol. The zero-order chi connectivity index (χ0) is 12.4. The molecule has 17 heavy (non-hydrogen) atoms. The standard InChI is InChI=1S/C9H9N5O2S/c1-13-5-11-12-9(13)17-6-2-3-8(14(15)16)7(10)4-6/h2-5H,10H2,1H3. The van der Waals surface area contributed by atoms with Crippen LogP contribution in [-0.4, -0.2) is 19.7 Å². The van der Waals surface area contributed by atoms with Gasteiger partial charge in [0.25, 0.3) is 5.69 Å². The van der Waals surface area contributed by atoms with E-state index < -0.39 is 4.92 Å². The lowest BCUT2D eigenvalue weighted by Crippen LogP contribution is -1.95. The molecular weight excluding hydrogens is 242 g/mol. The van der Waals surface area contributed by atoms with Crippen molar-refractivity contribution >= 4 is 23.1 Å². The summed E-state index contributed by atoms with van der Waals surface area (Å²) < 4.78 is 1.75. The molecule has 0 fully saturated rings. The zero-order valence-corrected chi connectivity index (χ0v) is 9.72. The van der Waals surface area contributed by atoms with Gasteiger partial charge in [-0.05, 0) is 23.9 Å². The second-order valence-corrected chi connectivity index (χ2v) is 4.34. The molecule has 0 unspecified atom stereocenters. The molecule has 0 saturated heterocycles. The molecule has 1 heterocycles. The van der Waals surface area contributed by atoms with Crippen LogP contribution in [0.4, 0.5) is 11.4 Å². The molecule has 0 amide bonds. The third-order valence-corrected chi connectivity index (χ3v) is 3.12. The van der Waals surface area contributed by atoms with Crippen molar-refractivity contribution in [2.75, 3.05) is 5.73 Å². The molecular formula is C9H9N5O2S. The first-order valence-electron chi connectivity index (χ1n) is 4.63. The lowest BCUT2D eigenvalue weighted by Gasteiger charge is -2.02. The molecule has 1 aromatic heterocycles. The number of anilines is 1. The minimum absolute atomic E-state index is 0.0904. The molecule has 2 rings (SSSR count). The fraction of sp³-hybridized carbons (Fsp3) is 0.111. The van der Waals surface area contributed by atoms with E-state index in [1.54, 1.807) is 23.0 Å². The quantitative estimate of drug-likeness (QED) is 0.503. The van der Waals surface area contributed by atoms with Crippen molar-refractivity contribution < 1.29 is 4.92 Å². The third kappa shape index (κ3) is 2.36. The number of aryl methyl sites for hydroxylation is 1. The normalized spacial score (nSPS) is 10.4. The van der Waals surface area contributed by atoms with Gasteiger partial charge in [-0.2, -0.15) is 0 Å². The molecule has 0 aliphatic heterocycles. The molecule has 0 spiro atoms. The summed E-state index contributed by atoms with van der Waals surface area (Å²) in [5.74, 6) is 0. The summed E-state index contributed by atoms with van der Waals surface area (Å²) in [4.78, 5) is 10.9. The number of nitro benzene ring substituents is 1. The molecule has 88 valence electrons. The van der Waals surface area contributed by atoms with E-state index in [-0.39, 0.29) is 11.4 Å². The smallest absolute Gasteiger partial charge is 0.292 e. The van der Waals surface area contributed by atoms with Gasteiger partial charge in [-0.15, -0.1) is 10.2 Å². The third-order valence-electron chi connectivity index (χ3n) is 2.07. The van der Waals surface area contributed by atoms with Gasteiger partial charge in [-0.1, -0.05) is 0 Å². The Hall–Kier alpha value is -2.09. The Morgan fingerprint density at radius 2 is 2.29 bits per heavy atom. The maximum absolute atomic E-state index is 10.6. The maximum atomic E-state index is 10.6. The summed E-state index contributed by atoms with van der Waals surface area (Å²) >= 11 is 1.34. The van der Waals surface area contributed by atoms with Crippen LogP contribution in [0.25, 0.3) is 0 Å². The Labute approximate surface area is 101 Å². The Kier molecular flexibility index (Phi) is 2.96. The lowest BCUT2D eigenvalue weighted by atomic mass is 10.3. The van der Waals surface area contributed by atoms with Crippen molar-refractivity contribution in [3.63, 3.8) is 0 Å². The molecule has 7 nitrogen and oxygen atoms in total. The Morgan fingerprint density at radius 1 is 1.53 bits per heavy atom. The van der Waals surface area contributed by atoms with E-state index in [1.165, 1.54) is 17.8 Å². The summed E-state index contributed by atoms with van der Waals surface area (Å²) in [5.41, 5.74) is 5.64. The molecule has 0 aliphatic rings. The SMILES string of the molecule is Cn1cnnc1Sc1ccc([N+](=O)[O-])c(N)c1. The highest BCUT2D eigenvalue weighted by Crippen LogP contribution is 2.30. The molecule has 1 aromatic carbocycles. The number of nitrogens with zero attached hydrogens (tertiary/aromatic N) is 4. The van der Waals surface area contributed by atoms with E-state index in [4.69, 9.17) is 5.73 Å². The lowest BCUT2D eigenvalue weighted by molar-refractivity contribution is -0.383. The summed E-state index contributed by atoms with van der Waals surface area (Å²) in [6, 6.07) is 4.57. The van der Waals surface area contributed by atoms with Crippen molar-refractivity contribution in [1.82, 2.24) is 14.8 Å². The van der Waals surface area contributed by atoms with Crippen LogP contribution >= 0.6 is 11.8 Å². The van der Waals surface area contributed by atoms with Gasteiger partial charge >= 0.3 is 0 Å². The first kappa shape index (κ1) is 11.4. The van der Waals surface area contributed by atoms with Crippen LogP contribution in [-0.2, 0) is 7.05 Å². The molecule has 0 aliphatic carbocycles. The van der Waals surface area contributed by atoms with Crippen molar-refractivity contribution in [2.24, 2.45) is 7.05 Å². The number of benzene rings is 1. The first-order chi connectivity index (χ1) is 8.08. The van der Waals surface area contributed by atoms with Gasteiger partial charge in [0.05, 0.1) is 4.92 Å². The van der Waals surface area contributed by atoms with Gasteiger partial charge in [0.1, 0.15) is 12.0 Å². The first-order valence-corrected chi connectivity index (χ1v) is 5.45. The van der Waals surface area contributed by atoms with Crippen molar-refractivity contribution in [2.45, 2.75) is 10.1 Å². The average Bonchev–Trinajstić information content (AvgIpc) is 2.64. The van der Waals surface area contributed by atoms with E-state index in [0.717, 1.165) is 4.90 Å². The summed E-state index contributed by atoms with van der Waals surface area (Å²) in [5, 5.41) is 18.9. The van der Waals surface area contributed by atoms with E-state index in [1.807, 2.05) is 7.05 Å². The molecule has 0 atom stereocenters. The van der Waals surface area contributed by atoms with Gasteiger partial charge in [-0.3, -0.25) is 10.1 Å². The van der Waals surface area contributed by atoms with Gasteiger partial charge < -0.3 is 10.3 Å². The summed E-state index contributed by atoms with van der Waals surface area (Å²) in [7, 11) is 1.82. The largest absolute Gasteiger partial charge is 0.393 e. The van der Waals surface area contributed by atoms with Gasteiger partial charge in [0.2, 0.25) is 0 Å². The molecule has 0 bridgehead atoms. The molecule has 0 saturated carbocycles. The highest BCUT2D eigenvalue weighted by molar-refractivity contribution is 7.99. The number of nitrogen functional groups attached to an aromatic ring is 1. The number of hydrogen-bond donors (Lipinski definition) is 1. The second kappa shape index (κ2) is 4.42. The number of aromatic nitrogens is 3. The fourth-order valence-electron chi connectivity index (χ4n) is 1.23. The predicted octanol–water partition coefficient (Wildman–Crippen LogP) is 1.46. The van der Waals surface area contributed by atoms with Crippen LogP contribution in [0, 0.1) is 10.1 Å². The van der Waals surface area contributed by atoms with Crippen LogP contribution in [0.3, 0.4) is 0 Å². The number of rotatable bonds is 3. The number of hydrogen-bond acceptors (Lipinski definition) is 6. The minimum atomic E-state index is -0.508. The topological polar surface area (TPSA) is 99.9 Å². The molecule has 2 N–H and O–H groups in total. The highest BCUT2D eigenvalue weighted by Gasteiger charge is 2.12. The molecule has 8 heteroatoms. The van der Waals surface area contributed by atoms with Crippen molar-refractivity contribution in [3.05, 3.63) is 34.6 Å². The van der Waals surface area contributed by atoms with E-state index in [2.05, 4.69) is 10.2 Å². The zero-order valence-electron chi connectivity index (χ0n) is 8.90. The second-order valence-electron chi connectivity index (χ2n) is 3.30. The summed E-state index contributed by atoms with van der Waals surface area (Å²) in [6.07, 6.45) is 1.58. The summed E-state index contributed by atoms with van der Waals surface area (Å²) in [6.45, 7) is 0. The van der Waals surface area contributed by atoms with E-state index in [0.29, 0.717) is 5.16 Å². The maximum Gasteiger partial charge on any atom is 0.292 e. The van der Waals surface area contributed by atoms with Crippen molar-refractivity contribution in [3.8, 4) is 0 Å². The van der Waals surface area contributed by atoms with E-state index in [9.17, 15) is 10.1 Å². The van der Waals surface area contributed by atoms with Crippen molar-refractivity contribution in [1.29, 1.82) is 0 Å². The van der Waals surface area contributed by atoms with Gasteiger partial charge in [-0.25, -0.2) is 0 Å². The molecule has 0 radical (unpaired) electrons. The van der Waals surface area contributed by atoms with Crippen LogP contribution in [0.5, 0.6) is 0 Å². The Balaban J connectivity index is 2.27. The van der Waals surface area contributed by atoms with Crippen LogP contribution in [0.2, 0.25) is 0 Å². The monoisotopic (exact) mass is 251 g/mol. The Morgan fingerprint density at radius 3 is 2.82 bits per heavy atom. The van der Waals surface area contributed by atoms with E-state index >= 15 is 0 Å². The fourth-order valence-corrected chi connectivity index (χ4v) is 2.04. The Bertz CT molecular complexity index is 568. The predicted molar refractivity (Wildman–Crippen MR) is 62.6 cm³/mol. The van der Waals surface area contributed by atoms with Crippen LogP contribution in [0.1, 0.15) is 0 Å². The highest BCUT2D eigenvalue weighted by atomic mass is 32.2. The number of nitro groups is 1. The molecule has 2 aromatic rings. The minimum Gasteiger partial charge on any atom is -0.393 e.